The number of alkyl halides is 6. The Labute approximate surface area is 169 Å². The first kappa shape index (κ1) is 20.6. The van der Waals surface area contributed by atoms with E-state index in [2.05, 4.69) is 10.6 Å². The van der Waals surface area contributed by atoms with Gasteiger partial charge in [-0.05, 0) is 29.8 Å². The second-order valence-corrected chi connectivity index (χ2v) is 6.65. The first-order valence-electron chi connectivity index (χ1n) is 8.55. The molecule has 11 heteroatoms. The third-order valence-corrected chi connectivity index (χ3v) is 4.76. The van der Waals surface area contributed by atoms with Gasteiger partial charge in [0.15, 0.2) is 0 Å². The van der Waals surface area contributed by atoms with Gasteiger partial charge >= 0.3 is 12.4 Å². The van der Waals surface area contributed by atoms with Crippen LogP contribution in [0.25, 0.3) is 11.4 Å². The summed E-state index contributed by atoms with van der Waals surface area (Å²) in [7, 11) is 0. The van der Waals surface area contributed by atoms with Gasteiger partial charge in [0, 0.05) is 5.56 Å². The van der Waals surface area contributed by atoms with Crippen LogP contribution in [0.15, 0.2) is 53.6 Å². The van der Waals surface area contributed by atoms with Gasteiger partial charge in [0.2, 0.25) is 0 Å². The molecule has 2 aliphatic heterocycles. The molecule has 0 saturated carbocycles. The molecule has 4 rings (SSSR count). The van der Waals surface area contributed by atoms with Gasteiger partial charge in [-0.2, -0.15) is 26.3 Å². The minimum atomic E-state index is -5.00. The molecule has 0 spiro atoms. The number of nitrogens with one attached hydrogen (secondary N) is 2. The molecule has 0 aliphatic carbocycles. The molecule has 2 N–H and O–H groups in total. The molecule has 0 saturated heterocycles. The maximum absolute atomic E-state index is 14.5. The van der Waals surface area contributed by atoms with Crippen LogP contribution in [-0.2, 0) is 21.9 Å². The normalized spacial score (nSPS) is 16.6. The van der Waals surface area contributed by atoms with Gasteiger partial charge in [-0.15, -0.1) is 0 Å². The van der Waals surface area contributed by atoms with Crippen molar-refractivity contribution in [2.24, 2.45) is 0 Å². The van der Waals surface area contributed by atoms with Gasteiger partial charge < -0.3 is 10.6 Å². The molecule has 0 bridgehead atoms. The number of rotatable bonds is 2. The predicted octanol–water partition coefficient (Wildman–Crippen LogP) is 4.25. The van der Waals surface area contributed by atoms with E-state index in [-0.39, 0.29) is 16.8 Å². The average Bonchev–Trinajstić information content (AvgIpc) is 3.19. The van der Waals surface area contributed by atoms with Crippen molar-refractivity contribution in [3.8, 4) is 0 Å². The van der Waals surface area contributed by atoms with Crippen molar-refractivity contribution in [1.82, 2.24) is 10.6 Å². The number of fused-ring (bicyclic) bond motifs is 1. The summed E-state index contributed by atoms with van der Waals surface area (Å²) in [5, 5.41) is 4.51. The highest BCUT2D eigenvalue weighted by molar-refractivity contribution is 6.30. The zero-order valence-corrected chi connectivity index (χ0v) is 15.0. The number of amides is 2. The first-order valence-corrected chi connectivity index (χ1v) is 8.55. The summed E-state index contributed by atoms with van der Waals surface area (Å²) in [5.41, 5.74) is -4.38. The summed E-state index contributed by atoms with van der Waals surface area (Å²) in [4.78, 5) is 24.9. The monoisotopic (exact) mass is 442 g/mol. The molecule has 2 aromatic carbocycles. The minimum absolute atomic E-state index is 0.0623. The van der Waals surface area contributed by atoms with E-state index in [9.17, 15) is 40.3 Å². The summed E-state index contributed by atoms with van der Waals surface area (Å²) in [6.07, 6.45) is -9.60. The largest absolute Gasteiger partial charge is 0.419 e. The fourth-order valence-corrected chi connectivity index (χ4v) is 3.37. The van der Waals surface area contributed by atoms with Gasteiger partial charge in [0.1, 0.15) is 5.82 Å². The highest BCUT2D eigenvalue weighted by Gasteiger charge is 2.43. The molecular weight excluding hydrogens is 433 g/mol. The standard InChI is InChI=1S/C20H9F7N2O2/c21-14-10(2-1-3-11(14)20(25,26)27)16-13-12(17(30)29-16)15(28-18(13)31)8-4-6-9(7-5-8)19(22,23)24/h1-7H,(H,28,31)(H,29,30). The number of carbonyl (C=O) groups excluding carboxylic acids is 2. The lowest BCUT2D eigenvalue weighted by atomic mass is 10.00. The van der Waals surface area contributed by atoms with Crippen molar-refractivity contribution in [3.63, 3.8) is 0 Å². The van der Waals surface area contributed by atoms with Gasteiger partial charge in [0.25, 0.3) is 11.8 Å². The molecule has 0 aromatic heterocycles. The van der Waals surface area contributed by atoms with E-state index in [1.54, 1.807) is 0 Å². The van der Waals surface area contributed by atoms with Gasteiger partial charge in [-0.25, -0.2) is 4.39 Å². The van der Waals surface area contributed by atoms with Crippen molar-refractivity contribution in [2.75, 3.05) is 0 Å². The molecule has 0 fully saturated rings. The fourth-order valence-electron chi connectivity index (χ4n) is 3.37. The second kappa shape index (κ2) is 6.69. The Balaban J connectivity index is 1.86. The molecule has 2 aliphatic rings. The highest BCUT2D eigenvalue weighted by atomic mass is 19.4. The SMILES string of the molecule is O=C1NC(c2cccc(C(F)(F)F)c2F)=C2C(=O)NC(c3ccc(C(F)(F)F)cc3)=C12. The van der Waals surface area contributed by atoms with Crippen LogP contribution in [0.5, 0.6) is 0 Å². The molecule has 2 aromatic rings. The summed E-state index contributed by atoms with van der Waals surface area (Å²) < 4.78 is 91.9. The third kappa shape index (κ3) is 3.35. The predicted molar refractivity (Wildman–Crippen MR) is 93.0 cm³/mol. The Morgan fingerprint density at radius 1 is 0.677 bits per heavy atom. The van der Waals surface area contributed by atoms with Gasteiger partial charge in [-0.1, -0.05) is 18.2 Å². The maximum atomic E-state index is 14.5. The Morgan fingerprint density at radius 2 is 1.23 bits per heavy atom. The molecule has 2 amide bonds. The molecule has 0 unspecified atom stereocenters. The van der Waals surface area contributed by atoms with E-state index in [1.165, 1.54) is 0 Å². The smallest absolute Gasteiger partial charge is 0.321 e. The van der Waals surface area contributed by atoms with Crippen LogP contribution < -0.4 is 10.6 Å². The number of halogens is 7. The Morgan fingerprint density at radius 3 is 1.77 bits per heavy atom. The van der Waals surface area contributed by atoms with Crippen molar-refractivity contribution >= 4 is 23.2 Å². The van der Waals surface area contributed by atoms with Crippen LogP contribution in [0.3, 0.4) is 0 Å². The van der Waals surface area contributed by atoms with E-state index in [1.807, 2.05) is 0 Å². The topological polar surface area (TPSA) is 58.2 Å². The quantitative estimate of drug-likeness (QED) is 0.684. The molecule has 4 nitrogen and oxygen atoms in total. The van der Waals surface area contributed by atoms with E-state index < -0.39 is 57.9 Å². The lowest BCUT2D eigenvalue weighted by molar-refractivity contribution is -0.140. The summed E-state index contributed by atoms with van der Waals surface area (Å²) in [6, 6.07) is 5.97. The molecule has 2 heterocycles. The van der Waals surface area contributed by atoms with Crippen LogP contribution in [0.1, 0.15) is 22.3 Å². The van der Waals surface area contributed by atoms with Gasteiger partial charge in [0.05, 0.1) is 33.7 Å². The summed E-state index contributed by atoms with van der Waals surface area (Å²) in [6.45, 7) is 0. The Bertz CT molecular complexity index is 1190. The van der Waals surface area contributed by atoms with Crippen molar-refractivity contribution in [3.05, 3.63) is 81.7 Å². The fraction of sp³-hybridized carbons (Fsp3) is 0.100. The number of carbonyl (C=O) groups is 2. The van der Waals surface area contributed by atoms with Crippen LogP contribution in [0.2, 0.25) is 0 Å². The lowest BCUT2D eigenvalue weighted by Crippen LogP contribution is -2.22. The van der Waals surface area contributed by atoms with Crippen LogP contribution >= 0.6 is 0 Å². The zero-order valence-electron chi connectivity index (χ0n) is 15.0. The number of hydrogen-bond donors (Lipinski definition) is 2. The average molecular weight is 442 g/mol. The number of hydrogen-bond acceptors (Lipinski definition) is 2. The molecule has 0 radical (unpaired) electrons. The Kier molecular flexibility index (Phi) is 4.45. The van der Waals surface area contributed by atoms with E-state index in [0.717, 1.165) is 36.4 Å². The van der Waals surface area contributed by atoms with Crippen LogP contribution in [0, 0.1) is 5.82 Å². The van der Waals surface area contributed by atoms with Crippen molar-refractivity contribution in [1.29, 1.82) is 0 Å². The Hall–Kier alpha value is -3.63. The zero-order chi connectivity index (χ0) is 22.7. The third-order valence-electron chi connectivity index (χ3n) is 4.76. The van der Waals surface area contributed by atoms with Crippen LogP contribution in [0.4, 0.5) is 30.7 Å². The van der Waals surface area contributed by atoms with Crippen molar-refractivity contribution < 1.29 is 40.3 Å². The maximum Gasteiger partial charge on any atom is 0.419 e. The van der Waals surface area contributed by atoms with Crippen LogP contribution in [-0.4, -0.2) is 11.8 Å². The molecule has 0 atom stereocenters. The van der Waals surface area contributed by atoms with Crippen molar-refractivity contribution in [2.45, 2.75) is 12.4 Å². The first-order chi connectivity index (χ1) is 14.4. The van der Waals surface area contributed by atoms with E-state index in [4.69, 9.17) is 0 Å². The van der Waals surface area contributed by atoms with E-state index in [0.29, 0.717) is 6.07 Å². The molecule has 160 valence electrons. The second-order valence-electron chi connectivity index (χ2n) is 6.65. The molecular formula is C20H9F7N2O2. The van der Waals surface area contributed by atoms with E-state index >= 15 is 0 Å². The lowest BCUT2D eigenvalue weighted by Gasteiger charge is -2.12. The minimum Gasteiger partial charge on any atom is -0.321 e. The van der Waals surface area contributed by atoms with Gasteiger partial charge in [-0.3, -0.25) is 9.59 Å². The highest BCUT2D eigenvalue weighted by Crippen LogP contribution is 2.40. The summed E-state index contributed by atoms with van der Waals surface area (Å²) in [5.74, 6) is -3.49. The molecule has 31 heavy (non-hydrogen) atoms. The number of benzene rings is 2. The summed E-state index contributed by atoms with van der Waals surface area (Å²) >= 11 is 0.